The van der Waals surface area contributed by atoms with Crippen LogP contribution in [0.1, 0.15) is 0 Å². The van der Waals surface area contributed by atoms with Crippen LogP contribution in [0.5, 0.6) is 5.75 Å². The molecule has 0 unspecified atom stereocenters. The molecule has 5 heteroatoms. The third-order valence-corrected chi connectivity index (χ3v) is 1.58. The molecule has 0 fully saturated rings. The van der Waals surface area contributed by atoms with Crippen LogP contribution in [0, 0.1) is 5.82 Å². The fraction of sp³-hybridized carbons (Fsp3) is 0.143. The van der Waals surface area contributed by atoms with E-state index in [1.807, 2.05) is 0 Å². The second-order valence-electron chi connectivity index (χ2n) is 2.30. The maximum absolute atomic E-state index is 13.1. The summed E-state index contributed by atoms with van der Waals surface area (Å²) >= 11 is 0. The molecule has 12 heavy (non-hydrogen) atoms. The molecule has 0 aliphatic carbocycles. The first-order chi connectivity index (χ1) is 5.81. The number of benzene rings is 1. The van der Waals surface area contributed by atoms with Crippen LogP contribution in [0.25, 0.3) is 11.0 Å². The molecule has 62 valence electrons. The highest BCUT2D eigenvalue weighted by molar-refractivity contribution is 5.75. The number of ether oxygens (including phenoxy) is 1. The molecule has 0 saturated heterocycles. The molecule has 0 bridgehead atoms. The Morgan fingerprint density at radius 2 is 2.25 bits per heavy atom. The summed E-state index contributed by atoms with van der Waals surface area (Å²) in [6.07, 6.45) is 0. The summed E-state index contributed by atoms with van der Waals surface area (Å²) in [6, 6.07) is 2.88. The van der Waals surface area contributed by atoms with Crippen LogP contribution in [0.3, 0.4) is 0 Å². The number of rotatable bonds is 1. The molecule has 1 N–H and O–H groups in total. The summed E-state index contributed by atoms with van der Waals surface area (Å²) in [6.45, 7) is 0. The summed E-state index contributed by atoms with van der Waals surface area (Å²) in [5.74, 6) is 0.00648. The second-order valence-corrected chi connectivity index (χ2v) is 2.30. The lowest BCUT2D eigenvalue weighted by Crippen LogP contribution is -1.85. The Labute approximate surface area is 67.3 Å². The van der Waals surface area contributed by atoms with Crippen LogP contribution in [-0.2, 0) is 0 Å². The summed E-state index contributed by atoms with van der Waals surface area (Å²) in [5, 5.41) is 9.69. The van der Waals surface area contributed by atoms with Crippen molar-refractivity contribution in [3.05, 3.63) is 17.9 Å². The molecule has 2 rings (SSSR count). The first-order valence-corrected chi connectivity index (χ1v) is 3.35. The van der Waals surface area contributed by atoms with Crippen molar-refractivity contribution < 1.29 is 9.13 Å². The highest BCUT2D eigenvalue weighted by Gasteiger charge is 2.06. The largest absolute Gasteiger partial charge is 0.497 e. The number of aromatic amines is 1. The highest BCUT2D eigenvalue weighted by Crippen LogP contribution is 2.20. The zero-order valence-corrected chi connectivity index (χ0v) is 6.34. The van der Waals surface area contributed by atoms with Gasteiger partial charge in [-0.2, -0.15) is 15.4 Å². The number of nitrogens with zero attached hydrogens (tertiary/aromatic N) is 2. The monoisotopic (exact) mass is 167 g/mol. The Morgan fingerprint density at radius 3 is 3.00 bits per heavy atom. The minimum atomic E-state index is -0.432. The van der Waals surface area contributed by atoms with Gasteiger partial charge < -0.3 is 4.74 Å². The summed E-state index contributed by atoms with van der Waals surface area (Å²) in [4.78, 5) is 0. The Bertz CT molecular complexity index is 412. The number of hydrogen-bond donors (Lipinski definition) is 1. The first-order valence-electron chi connectivity index (χ1n) is 3.35. The van der Waals surface area contributed by atoms with Gasteiger partial charge in [0.15, 0.2) is 5.82 Å². The Balaban J connectivity index is 2.75. The van der Waals surface area contributed by atoms with Gasteiger partial charge in [0.1, 0.15) is 16.8 Å². The van der Waals surface area contributed by atoms with Gasteiger partial charge in [0.25, 0.3) is 0 Å². The van der Waals surface area contributed by atoms with Gasteiger partial charge in [0.2, 0.25) is 0 Å². The molecule has 0 radical (unpaired) electrons. The maximum Gasteiger partial charge on any atom is 0.156 e. The average molecular weight is 167 g/mol. The van der Waals surface area contributed by atoms with Crippen molar-refractivity contribution in [2.75, 3.05) is 7.11 Å². The second kappa shape index (κ2) is 2.44. The number of nitrogens with one attached hydrogen (secondary N) is 1. The van der Waals surface area contributed by atoms with Gasteiger partial charge in [0.05, 0.1) is 7.11 Å². The van der Waals surface area contributed by atoms with Crippen LogP contribution in [0.2, 0.25) is 0 Å². The number of halogens is 1. The molecule has 4 nitrogen and oxygen atoms in total. The number of H-pyrrole nitrogens is 1. The smallest absolute Gasteiger partial charge is 0.156 e. The highest BCUT2D eigenvalue weighted by atomic mass is 19.1. The van der Waals surface area contributed by atoms with Gasteiger partial charge in [-0.3, -0.25) is 0 Å². The maximum atomic E-state index is 13.1. The molecule has 0 atom stereocenters. The molecule has 1 aromatic heterocycles. The van der Waals surface area contributed by atoms with Crippen molar-refractivity contribution in [3.63, 3.8) is 0 Å². The van der Waals surface area contributed by atoms with Crippen LogP contribution < -0.4 is 4.74 Å². The number of methoxy groups -OCH3 is 1. The van der Waals surface area contributed by atoms with E-state index in [0.29, 0.717) is 11.3 Å². The summed E-state index contributed by atoms with van der Waals surface area (Å²) < 4.78 is 17.9. The fourth-order valence-electron chi connectivity index (χ4n) is 1.00. The molecule has 2 aromatic rings. The van der Waals surface area contributed by atoms with Crippen molar-refractivity contribution in [3.8, 4) is 5.75 Å². The van der Waals surface area contributed by atoms with Crippen LogP contribution >= 0.6 is 0 Å². The Hall–Kier alpha value is -1.65. The van der Waals surface area contributed by atoms with Gasteiger partial charge in [-0.05, 0) is 0 Å². The molecule has 0 spiro atoms. The topological polar surface area (TPSA) is 50.8 Å². The Kier molecular flexibility index (Phi) is 1.43. The zero-order chi connectivity index (χ0) is 8.55. The van der Waals surface area contributed by atoms with Crippen LogP contribution in [-0.4, -0.2) is 22.5 Å². The predicted octanol–water partition coefficient (Wildman–Crippen LogP) is 1.11. The molecule has 0 aliphatic heterocycles. The quantitative estimate of drug-likeness (QED) is 0.692. The van der Waals surface area contributed by atoms with Gasteiger partial charge in [-0.15, -0.1) is 0 Å². The van der Waals surface area contributed by atoms with E-state index in [9.17, 15) is 4.39 Å². The zero-order valence-electron chi connectivity index (χ0n) is 6.34. The standard InChI is InChI=1S/C7H6FN3O/c1-12-4-2-5(8)7-6(3-4)9-11-10-7/h2-3H,1H3,(H,9,10,11). The third-order valence-electron chi connectivity index (χ3n) is 1.58. The van der Waals surface area contributed by atoms with Crippen molar-refractivity contribution >= 4 is 11.0 Å². The Morgan fingerprint density at radius 1 is 1.42 bits per heavy atom. The predicted molar refractivity (Wildman–Crippen MR) is 40.4 cm³/mol. The lowest BCUT2D eigenvalue weighted by atomic mass is 10.3. The van der Waals surface area contributed by atoms with Gasteiger partial charge in [0, 0.05) is 12.1 Å². The average Bonchev–Trinajstić information content (AvgIpc) is 2.52. The van der Waals surface area contributed by atoms with E-state index in [1.165, 1.54) is 13.2 Å². The SMILES string of the molecule is COc1cc(F)c2n[nH]nc2c1. The molecular formula is C7H6FN3O. The minimum Gasteiger partial charge on any atom is -0.497 e. The van der Waals surface area contributed by atoms with Crippen molar-refractivity contribution in [2.24, 2.45) is 0 Å². The van der Waals surface area contributed by atoms with E-state index < -0.39 is 5.82 Å². The molecule has 1 heterocycles. The van der Waals surface area contributed by atoms with Crippen LogP contribution in [0.15, 0.2) is 12.1 Å². The van der Waals surface area contributed by atoms with E-state index in [-0.39, 0.29) is 5.52 Å². The van der Waals surface area contributed by atoms with Gasteiger partial charge >= 0.3 is 0 Å². The number of fused-ring (bicyclic) bond motifs is 1. The molecule has 1 aromatic carbocycles. The van der Waals surface area contributed by atoms with E-state index in [0.717, 1.165) is 0 Å². The first kappa shape index (κ1) is 7.02. The fourth-order valence-corrected chi connectivity index (χ4v) is 1.00. The molecule has 0 amide bonds. The summed E-state index contributed by atoms with van der Waals surface area (Å²) in [5.41, 5.74) is 0.697. The number of aromatic nitrogens is 3. The van der Waals surface area contributed by atoms with Crippen molar-refractivity contribution in [1.82, 2.24) is 15.4 Å². The lowest BCUT2D eigenvalue weighted by molar-refractivity contribution is 0.412. The van der Waals surface area contributed by atoms with Crippen molar-refractivity contribution in [2.45, 2.75) is 0 Å². The van der Waals surface area contributed by atoms with E-state index in [4.69, 9.17) is 4.74 Å². The third kappa shape index (κ3) is 0.903. The molecule has 0 saturated carbocycles. The van der Waals surface area contributed by atoms with E-state index in [1.54, 1.807) is 6.07 Å². The minimum absolute atomic E-state index is 0.232. The van der Waals surface area contributed by atoms with Crippen LogP contribution in [0.4, 0.5) is 4.39 Å². The van der Waals surface area contributed by atoms with E-state index in [2.05, 4.69) is 15.4 Å². The van der Waals surface area contributed by atoms with Gasteiger partial charge in [-0.25, -0.2) is 4.39 Å². The molecular weight excluding hydrogens is 161 g/mol. The van der Waals surface area contributed by atoms with Crippen molar-refractivity contribution in [1.29, 1.82) is 0 Å². The lowest BCUT2D eigenvalue weighted by Gasteiger charge is -1.97. The number of hydrogen-bond acceptors (Lipinski definition) is 3. The van der Waals surface area contributed by atoms with Gasteiger partial charge in [-0.1, -0.05) is 0 Å². The van der Waals surface area contributed by atoms with E-state index >= 15 is 0 Å². The summed E-state index contributed by atoms with van der Waals surface area (Å²) in [7, 11) is 1.47. The normalized spacial score (nSPS) is 10.5. The molecule has 0 aliphatic rings.